The highest BCUT2D eigenvalue weighted by molar-refractivity contribution is 6.29. The first-order valence-corrected chi connectivity index (χ1v) is 5.68. The van der Waals surface area contributed by atoms with Gasteiger partial charge in [0, 0.05) is 13.1 Å². The number of nitro groups is 1. The summed E-state index contributed by atoms with van der Waals surface area (Å²) in [7, 11) is 1.75. The van der Waals surface area contributed by atoms with E-state index in [4.69, 9.17) is 11.6 Å². The zero-order chi connectivity index (χ0) is 13.8. The Morgan fingerprint density at radius 1 is 1.32 bits per heavy atom. The summed E-state index contributed by atoms with van der Waals surface area (Å²) >= 11 is 5.74. The van der Waals surface area contributed by atoms with E-state index in [1.807, 2.05) is 0 Å². The average molecular weight is 280 g/mol. The van der Waals surface area contributed by atoms with Gasteiger partial charge in [-0.25, -0.2) is 9.97 Å². The minimum absolute atomic E-state index is 0.151. The van der Waals surface area contributed by atoms with Crippen LogP contribution >= 0.6 is 11.6 Å². The third-order valence-corrected chi connectivity index (χ3v) is 2.55. The van der Waals surface area contributed by atoms with Crippen LogP contribution in [0.25, 0.3) is 0 Å². The number of pyridine rings is 2. The van der Waals surface area contributed by atoms with Crippen molar-refractivity contribution in [1.82, 2.24) is 9.97 Å². The van der Waals surface area contributed by atoms with Crippen molar-refractivity contribution >= 4 is 34.5 Å². The molecule has 0 atom stereocenters. The Kier molecular flexibility index (Phi) is 3.76. The van der Waals surface area contributed by atoms with E-state index in [9.17, 15) is 10.1 Å². The van der Waals surface area contributed by atoms with Crippen molar-refractivity contribution in [2.75, 3.05) is 17.7 Å². The molecule has 2 aromatic rings. The van der Waals surface area contributed by atoms with Gasteiger partial charge in [0.2, 0.25) is 0 Å². The van der Waals surface area contributed by atoms with E-state index < -0.39 is 4.92 Å². The number of hydrogen-bond donors (Lipinski definition) is 2. The largest absolute Gasteiger partial charge is 0.373 e. The summed E-state index contributed by atoms with van der Waals surface area (Å²) in [5, 5.41) is 16.8. The predicted octanol–water partition coefficient (Wildman–Crippen LogP) is 2.82. The molecule has 98 valence electrons. The first-order valence-electron chi connectivity index (χ1n) is 5.31. The van der Waals surface area contributed by atoms with E-state index in [0.29, 0.717) is 11.5 Å². The van der Waals surface area contributed by atoms with Crippen LogP contribution in [0.2, 0.25) is 5.15 Å². The summed E-state index contributed by atoms with van der Waals surface area (Å²) in [6.45, 7) is 0. The topological polar surface area (TPSA) is 93.0 Å². The summed E-state index contributed by atoms with van der Waals surface area (Å²) < 4.78 is 0. The van der Waals surface area contributed by atoms with Gasteiger partial charge in [-0.05, 0) is 12.1 Å². The number of nitrogens with one attached hydrogen (secondary N) is 2. The molecule has 8 heteroatoms. The van der Waals surface area contributed by atoms with E-state index in [1.54, 1.807) is 25.4 Å². The predicted molar refractivity (Wildman–Crippen MR) is 73.0 cm³/mol. The first kappa shape index (κ1) is 13.0. The summed E-state index contributed by atoms with van der Waals surface area (Å²) in [4.78, 5) is 18.1. The number of halogens is 1. The lowest BCUT2D eigenvalue weighted by atomic mass is 10.3. The molecule has 2 heterocycles. The first-order chi connectivity index (χ1) is 9.10. The number of nitrogens with zero attached hydrogens (tertiary/aromatic N) is 3. The highest BCUT2D eigenvalue weighted by Gasteiger charge is 2.15. The molecule has 2 aromatic heterocycles. The molecule has 0 saturated carbocycles. The van der Waals surface area contributed by atoms with Crippen LogP contribution in [0.4, 0.5) is 22.9 Å². The molecule has 0 unspecified atom stereocenters. The zero-order valence-electron chi connectivity index (χ0n) is 9.92. The second kappa shape index (κ2) is 5.49. The molecule has 0 fully saturated rings. The Labute approximate surface area is 113 Å². The monoisotopic (exact) mass is 279 g/mol. The summed E-state index contributed by atoms with van der Waals surface area (Å²) in [6.07, 6.45) is 2.67. The number of anilines is 3. The van der Waals surface area contributed by atoms with Crippen LogP contribution in [0, 0.1) is 10.1 Å². The third-order valence-electron chi connectivity index (χ3n) is 2.34. The molecule has 2 N–H and O–H groups in total. The van der Waals surface area contributed by atoms with Crippen LogP contribution in [0.1, 0.15) is 0 Å². The average Bonchev–Trinajstić information content (AvgIpc) is 2.39. The minimum Gasteiger partial charge on any atom is -0.373 e. The molecule has 0 saturated heterocycles. The second-order valence-electron chi connectivity index (χ2n) is 3.59. The molecular formula is C11H10ClN5O2. The van der Waals surface area contributed by atoms with Crippen molar-refractivity contribution in [3.05, 3.63) is 45.9 Å². The van der Waals surface area contributed by atoms with E-state index in [2.05, 4.69) is 20.6 Å². The third kappa shape index (κ3) is 3.08. The Hall–Kier alpha value is -2.41. The van der Waals surface area contributed by atoms with Crippen molar-refractivity contribution in [2.24, 2.45) is 0 Å². The van der Waals surface area contributed by atoms with Crippen molar-refractivity contribution in [2.45, 2.75) is 0 Å². The molecule has 7 nitrogen and oxygen atoms in total. The molecule has 0 amide bonds. The van der Waals surface area contributed by atoms with Gasteiger partial charge in [-0.1, -0.05) is 11.6 Å². The minimum atomic E-state index is -0.527. The molecule has 0 spiro atoms. The smallest absolute Gasteiger partial charge is 0.310 e. The van der Waals surface area contributed by atoms with Gasteiger partial charge < -0.3 is 10.6 Å². The van der Waals surface area contributed by atoms with E-state index in [1.165, 1.54) is 6.07 Å². The maximum Gasteiger partial charge on any atom is 0.310 e. The van der Waals surface area contributed by atoms with Crippen molar-refractivity contribution in [3.63, 3.8) is 0 Å². The normalized spacial score (nSPS) is 10.0. The lowest BCUT2D eigenvalue weighted by Crippen LogP contribution is -1.99. The molecule has 0 bridgehead atoms. The van der Waals surface area contributed by atoms with Crippen LogP contribution in [0.3, 0.4) is 0 Å². The van der Waals surface area contributed by atoms with Gasteiger partial charge in [0.05, 0.1) is 16.8 Å². The van der Waals surface area contributed by atoms with Crippen molar-refractivity contribution < 1.29 is 4.92 Å². The quantitative estimate of drug-likeness (QED) is 0.508. The van der Waals surface area contributed by atoms with Gasteiger partial charge in [-0.2, -0.15) is 0 Å². The Morgan fingerprint density at radius 2 is 2.11 bits per heavy atom. The number of aromatic nitrogens is 2. The molecular weight excluding hydrogens is 270 g/mol. The molecule has 0 aromatic carbocycles. The van der Waals surface area contributed by atoms with E-state index >= 15 is 0 Å². The van der Waals surface area contributed by atoms with Gasteiger partial charge >= 0.3 is 5.69 Å². The molecule has 0 aliphatic heterocycles. The number of rotatable bonds is 4. The lowest BCUT2D eigenvalue weighted by molar-refractivity contribution is -0.384. The standard InChI is InChI=1S/C11H10ClN5O2/c1-13-11-3-2-7(5-15-11)16-8-4-10(12)14-6-9(8)17(18)19/h2-6H,1H3,(H,13,15)(H,14,16). The zero-order valence-corrected chi connectivity index (χ0v) is 10.7. The maximum absolute atomic E-state index is 10.9. The Bertz CT molecular complexity index is 603. The van der Waals surface area contributed by atoms with Gasteiger partial charge in [0.1, 0.15) is 22.9 Å². The fourth-order valence-electron chi connectivity index (χ4n) is 1.44. The van der Waals surface area contributed by atoms with E-state index in [-0.39, 0.29) is 16.5 Å². The SMILES string of the molecule is CNc1ccc(Nc2cc(Cl)ncc2[N+](=O)[O-])cn1. The highest BCUT2D eigenvalue weighted by Crippen LogP contribution is 2.28. The maximum atomic E-state index is 10.9. The van der Waals surface area contributed by atoms with E-state index in [0.717, 1.165) is 6.20 Å². The molecule has 0 aliphatic carbocycles. The number of hydrogen-bond acceptors (Lipinski definition) is 6. The van der Waals surface area contributed by atoms with Gasteiger partial charge in [-0.15, -0.1) is 0 Å². The Morgan fingerprint density at radius 3 is 2.68 bits per heavy atom. The fraction of sp³-hybridized carbons (Fsp3) is 0.0909. The van der Waals surface area contributed by atoms with Crippen molar-refractivity contribution in [3.8, 4) is 0 Å². The molecule has 2 rings (SSSR count). The van der Waals surface area contributed by atoms with Crippen LogP contribution in [0.5, 0.6) is 0 Å². The molecule has 19 heavy (non-hydrogen) atoms. The highest BCUT2D eigenvalue weighted by atomic mass is 35.5. The summed E-state index contributed by atoms with van der Waals surface area (Å²) in [6, 6.07) is 4.89. The van der Waals surface area contributed by atoms with Crippen LogP contribution in [-0.4, -0.2) is 21.9 Å². The van der Waals surface area contributed by atoms with Crippen LogP contribution in [0.15, 0.2) is 30.6 Å². The van der Waals surface area contributed by atoms with Gasteiger partial charge in [0.25, 0.3) is 0 Å². The van der Waals surface area contributed by atoms with Gasteiger partial charge in [0.15, 0.2) is 0 Å². The molecule has 0 radical (unpaired) electrons. The van der Waals surface area contributed by atoms with Crippen LogP contribution in [-0.2, 0) is 0 Å². The Balaban J connectivity index is 2.31. The summed E-state index contributed by atoms with van der Waals surface area (Å²) in [5.41, 5.74) is 0.732. The molecule has 0 aliphatic rings. The summed E-state index contributed by atoms with van der Waals surface area (Å²) in [5.74, 6) is 0.702. The lowest BCUT2D eigenvalue weighted by Gasteiger charge is -2.07. The van der Waals surface area contributed by atoms with Crippen LogP contribution < -0.4 is 10.6 Å². The fourth-order valence-corrected chi connectivity index (χ4v) is 1.60. The van der Waals surface area contributed by atoms with Gasteiger partial charge in [-0.3, -0.25) is 10.1 Å². The van der Waals surface area contributed by atoms with Crippen molar-refractivity contribution in [1.29, 1.82) is 0 Å². The second-order valence-corrected chi connectivity index (χ2v) is 3.98.